The van der Waals surface area contributed by atoms with Gasteiger partial charge in [0.25, 0.3) is 0 Å². The molecule has 0 aromatic heterocycles. The molecule has 1 aromatic rings. The first-order valence-electron chi connectivity index (χ1n) is 5.68. The van der Waals surface area contributed by atoms with Crippen molar-refractivity contribution in [2.45, 2.75) is 31.6 Å². The molecular formula is C12H16Cl2O3S. The van der Waals surface area contributed by atoms with Gasteiger partial charge in [0, 0.05) is 21.4 Å². The molecule has 1 rings (SSSR count). The van der Waals surface area contributed by atoms with E-state index in [-0.39, 0.29) is 10.8 Å². The van der Waals surface area contributed by atoms with Gasteiger partial charge < -0.3 is 5.11 Å². The summed E-state index contributed by atoms with van der Waals surface area (Å²) in [5.41, 5.74) is 0.393. The molecule has 0 heterocycles. The lowest BCUT2D eigenvalue weighted by molar-refractivity contribution is 0.169. The third-order valence-electron chi connectivity index (χ3n) is 2.90. The van der Waals surface area contributed by atoms with Crippen molar-refractivity contribution in [2.75, 3.05) is 5.75 Å². The number of benzene rings is 1. The second-order valence-electron chi connectivity index (χ2n) is 4.01. The third kappa shape index (κ3) is 3.38. The van der Waals surface area contributed by atoms with E-state index in [1.54, 1.807) is 26.0 Å². The second-order valence-corrected chi connectivity index (χ2v) is 7.36. The van der Waals surface area contributed by atoms with E-state index < -0.39 is 21.2 Å². The molecule has 3 nitrogen and oxygen atoms in total. The maximum Gasteiger partial charge on any atom is 0.155 e. The van der Waals surface area contributed by atoms with E-state index in [4.69, 9.17) is 23.2 Å². The topological polar surface area (TPSA) is 54.4 Å². The average molecular weight is 311 g/mol. The van der Waals surface area contributed by atoms with Crippen molar-refractivity contribution in [1.82, 2.24) is 0 Å². The number of halogens is 2. The molecule has 0 aliphatic carbocycles. The summed E-state index contributed by atoms with van der Waals surface area (Å²) in [4.78, 5) is 0. The lowest BCUT2D eigenvalue weighted by Gasteiger charge is -2.22. The van der Waals surface area contributed by atoms with Gasteiger partial charge in [-0.25, -0.2) is 8.42 Å². The molecule has 1 N–H and O–H groups in total. The van der Waals surface area contributed by atoms with Gasteiger partial charge >= 0.3 is 0 Å². The second kappa shape index (κ2) is 6.24. The molecule has 2 atom stereocenters. The maximum atomic E-state index is 11.9. The molecule has 0 spiro atoms. The van der Waals surface area contributed by atoms with Crippen LogP contribution in [0.25, 0.3) is 0 Å². The smallest absolute Gasteiger partial charge is 0.155 e. The summed E-state index contributed by atoms with van der Waals surface area (Å²) in [7, 11) is -3.33. The van der Waals surface area contributed by atoms with Crippen molar-refractivity contribution in [3.05, 3.63) is 33.8 Å². The lowest BCUT2D eigenvalue weighted by Crippen LogP contribution is -2.29. The number of rotatable bonds is 5. The Hall–Kier alpha value is -0.290. The Morgan fingerprint density at radius 2 is 1.89 bits per heavy atom. The Balaban J connectivity index is 3.15. The van der Waals surface area contributed by atoms with E-state index in [1.165, 1.54) is 6.07 Å². The molecule has 0 unspecified atom stereocenters. The molecule has 0 saturated carbocycles. The van der Waals surface area contributed by atoms with Crippen molar-refractivity contribution in [3.8, 4) is 0 Å². The van der Waals surface area contributed by atoms with Crippen LogP contribution in [0.1, 0.15) is 31.9 Å². The zero-order valence-corrected chi connectivity index (χ0v) is 12.6. The van der Waals surface area contributed by atoms with Gasteiger partial charge in [0.05, 0.1) is 11.4 Å². The van der Waals surface area contributed by atoms with Crippen LogP contribution in [-0.4, -0.2) is 24.5 Å². The van der Waals surface area contributed by atoms with Gasteiger partial charge in [-0.05, 0) is 18.6 Å². The van der Waals surface area contributed by atoms with E-state index in [0.29, 0.717) is 17.0 Å². The van der Waals surface area contributed by atoms with Crippen molar-refractivity contribution in [3.63, 3.8) is 0 Å². The summed E-state index contributed by atoms with van der Waals surface area (Å²) in [5, 5.41) is 10.1. The zero-order chi connectivity index (χ0) is 13.9. The molecule has 18 heavy (non-hydrogen) atoms. The fourth-order valence-electron chi connectivity index (χ4n) is 1.83. The highest BCUT2D eigenvalue weighted by Gasteiger charge is 2.31. The maximum absolute atomic E-state index is 11.9. The summed E-state index contributed by atoms with van der Waals surface area (Å²) in [6.07, 6.45) is -0.805. The van der Waals surface area contributed by atoms with Crippen LogP contribution in [0, 0.1) is 0 Å². The van der Waals surface area contributed by atoms with E-state index in [0.717, 1.165) is 0 Å². The van der Waals surface area contributed by atoms with E-state index in [2.05, 4.69) is 0 Å². The van der Waals surface area contributed by atoms with E-state index in [9.17, 15) is 13.5 Å². The minimum absolute atomic E-state index is 0.00618. The number of aliphatic hydroxyl groups is 1. The summed E-state index contributed by atoms with van der Waals surface area (Å²) in [5.74, 6) is -0.00618. The third-order valence-corrected chi connectivity index (χ3v) is 5.78. The van der Waals surface area contributed by atoms with E-state index >= 15 is 0 Å². The minimum Gasteiger partial charge on any atom is -0.387 e. The first-order chi connectivity index (χ1) is 8.33. The summed E-state index contributed by atoms with van der Waals surface area (Å²) in [6.45, 7) is 3.29. The van der Waals surface area contributed by atoms with Gasteiger partial charge in [0.15, 0.2) is 9.84 Å². The van der Waals surface area contributed by atoms with E-state index in [1.807, 2.05) is 0 Å². The van der Waals surface area contributed by atoms with Crippen LogP contribution in [0.5, 0.6) is 0 Å². The first-order valence-corrected chi connectivity index (χ1v) is 8.15. The Morgan fingerprint density at radius 3 is 2.33 bits per heavy atom. The fraction of sp³-hybridized carbons (Fsp3) is 0.500. The molecule has 6 heteroatoms. The normalized spacial score (nSPS) is 15.4. The van der Waals surface area contributed by atoms with Crippen LogP contribution in [0.15, 0.2) is 18.2 Å². The summed E-state index contributed by atoms with van der Waals surface area (Å²) in [6, 6.07) is 4.63. The number of hydrogen-bond donors (Lipinski definition) is 1. The SMILES string of the molecule is CC[C@@H]([C@H](O)c1ccc(Cl)cc1Cl)S(=O)(=O)CC. The fourth-order valence-corrected chi connectivity index (χ4v) is 3.82. The largest absolute Gasteiger partial charge is 0.387 e. The molecule has 102 valence electrons. The van der Waals surface area contributed by atoms with Gasteiger partial charge in [-0.2, -0.15) is 0 Å². The Morgan fingerprint density at radius 1 is 1.28 bits per heavy atom. The average Bonchev–Trinajstić information content (AvgIpc) is 2.29. The summed E-state index contributed by atoms with van der Waals surface area (Å²) >= 11 is 11.7. The van der Waals surface area contributed by atoms with Crippen molar-refractivity contribution < 1.29 is 13.5 Å². The van der Waals surface area contributed by atoms with Gasteiger partial charge in [-0.15, -0.1) is 0 Å². The van der Waals surface area contributed by atoms with Crippen LogP contribution in [0.3, 0.4) is 0 Å². The zero-order valence-electron chi connectivity index (χ0n) is 10.2. The van der Waals surface area contributed by atoms with Crippen LogP contribution in [0.4, 0.5) is 0 Å². The number of hydrogen-bond acceptors (Lipinski definition) is 3. The van der Waals surface area contributed by atoms with Crippen LogP contribution >= 0.6 is 23.2 Å². The summed E-state index contributed by atoms with van der Waals surface area (Å²) < 4.78 is 23.8. The minimum atomic E-state index is -3.33. The van der Waals surface area contributed by atoms with Gasteiger partial charge in [0.2, 0.25) is 0 Å². The monoisotopic (exact) mass is 310 g/mol. The molecule has 0 aliphatic rings. The Kier molecular flexibility index (Phi) is 5.46. The molecule has 0 amide bonds. The quantitative estimate of drug-likeness (QED) is 0.908. The van der Waals surface area contributed by atoms with Crippen LogP contribution in [-0.2, 0) is 9.84 Å². The molecule has 0 fully saturated rings. The highest BCUT2D eigenvalue weighted by Crippen LogP contribution is 2.31. The number of aliphatic hydroxyl groups excluding tert-OH is 1. The molecule has 1 aromatic carbocycles. The number of sulfone groups is 1. The van der Waals surface area contributed by atoms with Crippen molar-refractivity contribution in [1.29, 1.82) is 0 Å². The Bertz CT molecular complexity index is 514. The highest BCUT2D eigenvalue weighted by molar-refractivity contribution is 7.92. The van der Waals surface area contributed by atoms with Gasteiger partial charge in [0.1, 0.15) is 0 Å². The Labute approximate surface area is 118 Å². The molecule has 0 bridgehead atoms. The van der Waals surface area contributed by atoms with Crippen molar-refractivity contribution >= 4 is 33.0 Å². The van der Waals surface area contributed by atoms with Crippen LogP contribution in [0.2, 0.25) is 10.0 Å². The predicted octanol–water partition coefficient (Wildman–Crippen LogP) is 3.24. The highest BCUT2D eigenvalue weighted by atomic mass is 35.5. The lowest BCUT2D eigenvalue weighted by atomic mass is 10.0. The van der Waals surface area contributed by atoms with Crippen molar-refractivity contribution in [2.24, 2.45) is 0 Å². The molecular weight excluding hydrogens is 295 g/mol. The first kappa shape index (κ1) is 15.8. The van der Waals surface area contributed by atoms with Gasteiger partial charge in [-0.1, -0.05) is 43.1 Å². The van der Waals surface area contributed by atoms with Gasteiger partial charge in [-0.3, -0.25) is 0 Å². The molecule has 0 radical (unpaired) electrons. The molecule has 0 aliphatic heterocycles. The predicted molar refractivity (Wildman–Crippen MR) is 75.0 cm³/mol. The van der Waals surface area contributed by atoms with Crippen LogP contribution < -0.4 is 0 Å². The standard InChI is InChI=1S/C12H16Cl2O3S/c1-3-11(18(16,17)4-2)12(15)9-6-5-8(13)7-10(9)14/h5-7,11-12,15H,3-4H2,1-2H3/t11-,12+/m0/s1. The molecule has 0 saturated heterocycles.